The van der Waals surface area contributed by atoms with Crippen LogP contribution in [0.2, 0.25) is 0 Å². The number of anilines is 3. The second kappa shape index (κ2) is 10.0. The van der Waals surface area contributed by atoms with Crippen LogP contribution in [0.3, 0.4) is 0 Å². The van der Waals surface area contributed by atoms with E-state index < -0.39 is 30.4 Å². The Hall–Kier alpha value is -4.41. The molecule has 0 bridgehead atoms. The van der Waals surface area contributed by atoms with Gasteiger partial charge in [-0.1, -0.05) is 18.2 Å². The van der Waals surface area contributed by atoms with Crippen LogP contribution >= 0.6 is 0 Å². The van der Waals surface area contributed by atoms with E-state index >= 15 is 0 Å². The van der Waals surface area contributed by atoms with Gasteiger partial charge in [-0.05, 0) is 48.0 Å². The molecule has 0 saturated carbocycles. The lowest BCUT2D eigenvalue weighted by molar-refractivity contribution is -0.187. The maximum absolute atomic E-state index is 13.3. The van der Waals surface area contributed by atoms with E-state index in [0.29, 0.717) is 21.4 Å². The average Bonchev–Trinajstić information content (AvgIpc) is 2.80. The standard InChI is InChI=1S/C23H20F3N5O3/c1-15(32)31(30(22(34)23(24,25)26)14-16-5-4-12-28-13-16)18-10-8-17(9-11-18)21(33)29-20-7-3-2-6-19(20)27/h2-13H,14,27H2,1H3,(H,29,33). The number of alkyl halides is 3. The van der Waals surface area contributed by atoms with Crippen molar-refractivity contribution in [2.75, 3.05) is 16.1 Å². The van der Waals surface area contributed by atoms with E-state index in [9.17, 15) is 27.6 Å². The van der Waals surface area contributed by atoms with Crippen molar-refractivity contribution in [3.63, 3.8) is 0 Å². The van der Waals surface area contributed by atoms with E-state index in [1.807, 2.05) is 0 Å². The zero-order valence-electron chi connectivity index (χ0n) is 17.9. The van der Waals surface area contributed by atoms with Crippen molar-refractivity contribution in [1.29, 1.82) is 0 Å². The number of hydrazine groups is 1. The molecule has 3 amide bonds. The third-order valence-electron chi connectivity index (χ3n) is 4.65. The molecule has 3 aromatic rings. The number of halogens is 3. The highest BCUT2D eigenvalue weighted by Crippen LogP contribution is 2.26. The summed E-state index contributed by atoms with van der Waals surface area (Å²) in [4.78, 5) is 40.9. The van der Waals surface area contributed by atoms with Crippen molar-refractivity contribution < 1.29 is 27.6 Å². The third-order valence-corrected chi connectivity index (χ3v) is 4.65. The van der Waals surface area contributed by atoms with Crippen LogP contribution in [0.15, 0.2) is 73.1 Å². The molecular formula is C23H20F3N5O3. The number of nitrogens with two attached hydrogens (primary N) is 1. The number of aromatic nitrogens is 1. The monoisotopic (exact) mass is 471 g/mol. The molecule has 0 aliphatic rings. The zero-order chi connectivity index (χ0) is 24.9. The van der Waals surface area contributed by atoms with Gasteiger partial charge in [0.05, 0.1) is 23.6 Å². The molecule has 1 heterocycles. The Balaban J connectivity index is 1.91. The van der Waals surface area contributed by atoms with Gasteiger partial charge in [0.2, 0.25) is 5.91 Å². The Morgan fingerprint density at radius 3 is 2.24 bits per heavy atom. The van der Waals surface area contributed by atoms with E-state index in [1.165, 1.54) is 48.8 Å². The van der Waals surface area contributed by atoms with Crippen molar-refractivity contribution >= 4 is 34.8 Å². The Labute approximate surface area is 192 Å². The molecule has 0 unspecified atom stereocenters. The number of nitrogens with zero attached hydrogens (tertiary/aromatic N) is 3. The molecule has 0 aliphatic heterocycles. The molecular weight excluding hydrogens is 451 g/mol. The molecule has 0 aliphatic carbocycles. The van der Waals surface area contributed by atoms with E-state index in [4.69, 9.17) is 5.73 Å². The van der Waals surface area contributed by atoms with Gasteiger partial charge in [0.25, 0.3) is 5.91 Å². The van der Waals surface area contributed by atoms with Crippen LogP contribution in [0.1, 0.15) is 22.8 Å². The van der Waals surface area contributed by atoms with Crippen LogP contribution in [-0.2, 0) is 16.1 Å². The van der Waals surface area contributed by atoms with Gasteiger partial charge in [0, 0.05) is 24.9 Å². The molecule has 34 heavy (non-hydrogen) atoms. The second-order valence-electron chi connectivity index (χ2n) is 7.14. The summed E-state index contributed by atoms with van der Waals surface area (Å²) in [6.07, 6.45) is -2.52. The molecule has 3 N–H and O–H groups in total. The smallest absolute Gasteiger partial charge is 0.397 e. The minimum absolute atomic E-state index is 0.0373. The summed E-state index contributed by atoms with van der Waals surface area (Å²) in [6, 6.07) is 14.8. The molecule has 0 atom stereocenters. The predicted octanol–water partition coefficient (Wildman–Crippen LogP) is 3.78. The minimum atomic E-state index is -5.23. The van der Waals surface area contributed by atoms with Gasteiger partial charge < -0.3 is 11.1 Å². The normalized spacial score (nSPS) is 10.9. The predicted molar refractivity (Wildman–Crippen MR) is 119 cm³/mol. The quantitative estimate of drug-likeness (QED) is 0.435. The fraction of sp³-hybridized carbons (Fsp3) is 0.130. The molecule has 1 aromatic heterocycles. The van der Waals surface area contributed by atoms with Crippen molar-refractivity contribution in [3.05, 3.63) is 84.2 Å². The average molecular weight is 471 g/mol. The lowest BCUT2D eigenvalue weighted by Crippen LogP contribution is -2.53. The van der Waals surface area contributed by atoms with Crippen molar-refractivity contribution in [3.8, 4) is 0 Å². The number of nitrogen functional groups attached to an aromatic ring is 1. The summed E-state index contributed by atoms with van der Waals surface area (Å²) in [6.45, 7) is 0.472. The molecule has 2 aromatic carbocycles. The Bertz CT molecular complexity index is 1180. The number of benzene rings is 2. The first-order valence-electron chi connectivity index (χ1n) is 9.92. The van der Waals surface area contributed by atoms with Gasteiger partial charge in [-0.25, -0.2) is 10.0 Å². The molecule has 11 heteroatoms. The van der Waals surface area contributed by atoms with Gasteiger partial charge >= 0.3 is 12.1 Å². The van der Waals surface area contributed by atoms with Crippen LogP contribution < -0.4 is 16.1 Å². The first kappa shape index (κ1) is 24.2. The van der Waals surface area contributed by atoms with Crippen LogP contribution in [0.4, 0.5) is 30.2 Å². The Kier molecular flexibility index (Phi) is 7.15. The second-order valence-corrected chi connectivity index (χ2v) is 7.14. The van der Waals surface area contributed by atoms with E-state index in [1.54, 1.807) is 24.3 Å². The van der Waals surface area contributed by atoms with Crippen LogP contribution in [0.25, 0.3) is 0 Å². The molecule has 3 rings (SSSR count). The van der Waals surface area contributed by atoms with E-state index in [-0.39, 0.29) is 16.8 Å². The van der Waals surface area contributed by atoms with Gasteiger partial charge in [0.15, 0.2) is 0 Å². The molecule has 0 saturated heterocycles. The first-order valence-corrected chi connectivity index (χ1v) is 9.92. The molecule has 176 valence electrons. The number of carbonyl (C=O) groups excluding carboxylic acids is 3. The lowest BCUT2D eigenvalue weighted by atomic mass is 10.1. The number of rotatable bonds is 5. The number of hydrogen-bond donors (Lipinski definition) is 2. The number of para-hydroxylation sites is 2. The van der Waals surface area contributed by atoms with E-state index in [2.05, 4.69) is 10.3 Å². The first-order chi connectivity index (χ1) is 16.1. The maximum Gasteiger partial charge on any atom is 0.473 e. The molecule has 0 fully saturated rings. The van der Waals surface area contributed by atoms with Crippen LogP contribution in [0, 0.1) is 0 Å². The summed E-state index contributed by atoms with van der Waals surface area (Å²) in [7, 11) is 0. The largest absolute Gasteiger partial charge is 0.473 e. The van der Waals surface area contributed by atoms with Crippen molar-refractivity contribution in [2.45, 2.75) is 19.6 Å². The molecule has 0 radical (unpaired) electrons. The highest BCUT2D eigenvalue weighted by atomic mass is 19.4. The summed E-state index contributed by atoms with van der Waals surface area (Å²) < 4.78 is 40.0. The lowest BCUT2D eigenvalue weighted by Gasteiger charge is -2.34. The minimum Gasteiger partial charge on any atom is -0.397 e. The number of pyridine rings is 1. The summed E-state index contributed by atoms with van der Waals surface area (Å²) in [5.41, 5.74) is 6.96. The van der Waals surface area contributed by atoms with Crippen molar-refractivity contribution in [1.82, 2.24) is 9.99 Å². The van der Waals surface area contributed by atoms with Gasteiger partial charge in [0.1, 0.15) is 0 Å². The maximum atomic E-state index is 13.3. The summed E-state index contributed by atoms with van der Waals surface area (Å²) in [5.74, 6) is -3.58. The number of hydrogen-bond acceptors (Lipinski definition) is 5. The Morgan fingerprint density at radius 2 is 1.68 bits per heavy atom. The number of carbonyl (C=O) groups is 3. The summed E-state index contributed by atoms with van der Waals surface area (Å²) >= 11 is 0. The number of amides is 3. The van der Waals surface area contributed by atoms with Gasteiger partial charge in [-0.15, -0.1) is 0 Å². The Morgan fingerprint density at radius 1 is 1.00 bits per heavy atom. The van der Waals surface area contributed by atoms with Crippen molar-refractivity contribution in [2.24, 2.45) is 0 Å². The third kappa shape index (κ3) is 5.68. The van der Waals surface area contributed by atoms with E-state index in [0.717, 1.165) is 6.92 Å². The zero-order valence-corrected chi connectivity index (χ0v) is 17.9. The molecule has 0 spiro atoms. The number of nitrogens with one attached hydrogen (secondary N) is 1. The highest BCUT2D eigenvalue weighted by molar-refractivity contribution is 6.06. The molecule has 8 nitrogen and oxygen atoms in total. The highest BCUT2D eigenvalue weighted by Gasteiger charge is 2.45. The van der Waals surface area contributed by atoms with Crippen LogP contribution in [-0.4, -0.2) is 33.9 Å². The fourth-order valence-corrected chi connectivity index (χ4v) is 3.09. The van der Waals surface area contributed by atoms with Crippen LogP contribution in [0.5, 0.6) is 0 Å². The van der Waals surface area contributed by atoms with Gasteiger partial charge in [-0.2, -0.15) is 13.2 Å². The fourth-order valence-electron chi connectivity index (χ4n) is 3.09. The SMILES string of the molecule is CC(=O)N(c1ccc(C(=O)Nc2ccccc2N)cc1)N(Cc1cccnc1)C(=O)C(F)(F)F. The van der Waals surface area contributed by atoms with Gasteiger partial charge in [-0.3, -0.25) is 19.4 Å². The summed E-state index contributed by atoms with van der Waals surface area (Å²) in [5, 5.41) is 3.53. The topological polar surface area (TPSA) is 109 Å².